The van der Waals surface area contributed by atoms with Crippen LogP contribution in [0.2, 0.25) is 0 Å². The minimum atomic E-state index is -0.628. The van der Waals surface area contributed by atoms with Gasteiger partial charge in [-0.1, -0.05) is 30.3 Å². The predicted molar refractivity (Wildman–Crippen MR) is 93.3 cm³/mol. The molecule has 1 amide bonds. The van der Waals surface area contributed by atoms with Crippen LogP contribution in [-0.4, -0.2) is 5.91 Å². The largest absolute Gasteiger partial charge is 0.482 e. The van der Waals surface area contributed by atoms with Crippen molar-refractivity contribution in [3.05, 3.63) is 99.6 Å². The Bertz CT molecular complexity index is 1020. The third-order valence-electron chi connectivity index (χ3n) is 3.70. The van der Waals surface area contributed by atoms with Gasteiger partial charge in [-0.15, -0.1) is 0 Å². The van der Waals surface area contributed by atoms with Crippen LogP contribution in [0.4, 0.5) is 8.78 Å². The molecule has 0 radical (unpaired) electrons. The number of hydrogen-bond donors (Lipinski definition) is 1. The van der Waals surface area contributed by atoms with Crippen LogP contribution in [0.25, 0.3) is 0 Å². The van der Waals surface area contributed by atoms with Crippen molar-refractivity contribution < 1.29 is 22.7 Å². The fourth-order valence-electron chi connectivity index (χ4n) is 2.31. The molecule has 138 valence electrons. The summed E-state index contributed by atoms with van der Waals surface area (Å²) in [6, 6.07) is 12.8. The van der Waals surface area contributed by atoms with Gasteiger partial charge >= 0.3 is 0 Å². The summed E-state index contributed by atoms with van der Waals surface area (Å²) < 4.78 is 37.1. The Kier molecular flexibility index (Phi) is 5.61. The Morgan fingerprint density at radius 3 is 2.63 bits per heavy atom. The molecule has 1 aromatic heterocycles. The van der Waals surface area contributed by atoms with Crippen LogP contribution in [0.1, 0.15) is 21.7 Å². The van der Waals surface area contributed by atoms with Gasteiger partial charge in [0.2, 0.25) is 11.2 Å². The van der Waals surface area contributed by atoms with Crippen molar-refractivity contribution in [2.75, 3.05) is 0 Å². The number of rotatable bonds is 6. The molecule has 0 saturated carbocycles. The quantitative estimate of drug-likeness (QED) is 0.721. The van der Waals surface area contributed by atoms with E-state index < -0.39 is 23.0 Å². The van der Waals surface area contributed by atoms with Crippen molar-refractivity contribution >= 4 is 5.91 Å². The van der Waals surface area contributed by atoms with E-state index in [4.69, 9.17) is 9.15 Å². The van der Waals surface area contributed by atoms with Gasteiger partial charge in [-0.05, 0) is 23.8 Å². The topological polar surface area (TPSA) is 68.5 Å². The lowest BCUT2D eigenvalue weighted by Gasteiger charge is -2.07. The first kappa shape index (κ1) is 18.3. The lowest BCUT2D eigenvalue weighted by molar-refractivity contribution is 0.0919. The molecule has 0 aliphatic rings. The summed E-state index contributed by atoms with van der Waals surface area (Å²) in [7, 11) is 0. The van der Waals surface area contributed by atoms with Crippen LogP contribution in [0.15, 0.2) is 70.1 Å². The average molecular weight is 371 g/mol. The highest BCUT2D eigenvalue weighted by Crippen LogP contribution is 2.12. The van der Waals surface area contributed by atoms with E-state index in [9.17, 15) is 18.4 Å². The number of amides is 1. The molecule has 0 unspecified atom stereocenters. The normalized spacial score (nSPS) is 10.4. The van der Waals surface area contributed by atoms with Gasteiger partial charge in [-0.25, -0.2) is 8.78 Å². The third kappa shape index (κ3) is 4.78. The zero-order valence-electron chi connectivity index (χ0n) is 14.1. The zero-order valence-corrected chi connectivity index (χ0v) is 14.1. The predicted octanol–water partition coefficient (Wildman–Crippen LogP) is 3.43. The summed E-state index contributed by atoms with van der Waals surface area (Å²) in [5, 5.41) is 2.53. The molecule has 0 bridgehead atoms. The second-order valence-electron chi connectivity index (χ2n) is 5.67. The Hall–Kier alpha value is -3.48. The molecule has 0 spiro atoms. The van der Waals surface area contributed by atoms with E-state index in [1.165, 1.54) is 30.3 Å². The molecule has 1 heterocycles. The van der Waals surface area contributed by atoms with Crippen molar-refractivity contribution in [1.82, 2.24) is 5.32 Å². The van der Waals surface area contributed by atoms with Crippen molar-refractivity contribution in [1.29, 1.82) is 0 Å². The monoisotopic (exact) mass is 371 g/mol. The second kappa shape index (κ2) is 8.27. The Labute approximate surface area is 153 Å². The number of benzene rings is 2. The smallest absolute Gasteiger partial charge is 0.287 e. The summed E-state index contributed by atoms with van der Waals surface area (Å²) in [6.45, 7) is -0.0750. The Balaban J connectivity index is 1.62. The molecule has 0 atom stereocenters. The van der Waals surface area contributed by atoms with E-state index in [0.717, 1.165) is 12.3 Å². The van der Waals surface area contributed by atoms with Gasteiger partial charge in [0.1, 0.15) is 24.5 Å². The molecule has 0 aliphatic heterocycles. The van der Waals surface area contributed by atoms with Crippen LogP contribution >= 0.6 is 0 Å². The number of nitrogens with one attached hydrogen (secondary N) is 1. The molecular formula is C20H15F2NO4. The lowest BCUT2D eigenvalue weighted by Crippen LogP contribution is -2.24. The van der Waals surface area contributed by atoms with Crippen LogP contribution in [0.5, 0.6) is 5.75 Å². The Morgan fingerprint density at radius 2 is 1.89 bits per heavy atom. The van der Waals surface area contributed by atoms with Gasteiger partial charge in [-0.3, -0.25) is 9.59 Å². The molecule has 0 fully saturated rings. The number of hydrogen-bond acceptors (Lipinski definition) is 4. The summed E-state index contributed by atoms with van der Waals surface area (Å²) in [4.78, 5) is 24.1. The molecule has 7 heteroatoms. The molecular weight excluding hydrogens is 356 g/mol. The van der Waals surface area contributed by atoms with Crippen LogP contribution in [0, 0.1) is 11.6 Å². The SMILES string of the molecule is O=C(NCc1cccc(F)c1)c1cc(=O)c(OCc2ccccc2F)co1. The first-order valence-corrected chi connectivity index (χ1v) is 8.04. The van der Waals surface area contributed by atoms with E-state index in [1.54, 1.807) is 18.2 Å². The minimum absolute atomic E-state index is 0.0752. The van der Waals surface area contributed by atoms with E-state index >= 15 is 0 Å². The summed E-state index contributed by atoms with van der Waals surface area (Å²) in [5.74, 6) is -1.84. The molecule has 2 aromatic carbocycles. The first-order chi connectivity index (χ1) is 13.0. The fraction of sp³-hybridized carbons (Fsp3) is 0.100. The van der Waals surface area contributed by atoms with Crippen molar-refractivity contribution in [3.8, 4) is 5.75 Å². The van der Waals surface area contributed by atoms with Gasteiger partial charge in [0.15, 0.2) is 5.76 Å². The van der Waals surface area contributed by atoms with Gasteiger partial charge in [0, 0.05) is 18.2 Å². The first-order valence-electron chi connectivity index (χ1n) is 8.04. The maximum atomic E-state index is 13.6. The van der Waals surface area contributed by atoms with Gasteiger partial charge < -0.3 is 14.5 Å². The zero-order chi connectivity index (χ0) is 19.2. The van der Waals surface area contributed by atoms with E-state index in [-0.39, 0.29) is 30.2 Å². The third-order valence-corrected chi connectivity index (χ3v) is 3.70. The van der Waals surface area contributed by atoms with Crippen molar-refractivity contribution in [3.63, 3.8) is 0 Å². The van der Waals surface area contributed by atoms with Crippen LogP contribution < -0.4 is 15.5 Å². The van der Waals surface area contributed by atoms with E-state index in [2.05, 4.69) is 5.32 Å². The average Bonchev–Trinajstić information content (AvgIpc) is 2.66. The second-order valence-corrected chi connectivity index (χ2v) is 5.67. The van der Waals surface area contributed by atoms with Gasteiger partial charge in [0.05, 0.1) is 0 Å². The standard InChI is InChI=1S/C20H15F2NO4/c21-15-6-3-4-13(8-15)10-23-20(25)18-9-17(24)19(12-27-18)26-11-14-5-1-2-7-16(14)22/h1-9,12H,10-11H2,(H,23,25). The summed E-state index contributed by atoms with van der Waals surface area (Å²) in [6.07, 6.45) is 1.00. The van der Waals surface area contributed by atoms with Gasteiger partial charge in [-0.2, -0.15) is 0 Å². The maximum absolute atomic E-state index is 13.6. The summed E-state index contributed by atoms with van der Waals surface area (Å²) in [5.41, 5.74) is 0.276. The van der Waals surface area contributed by atoms with Crippen LogP contribution in [0.3, 0.4) is 0 Å². The van der Waals surface area contributed by atoms with Crippen LogP contribution in [-0.2, 0) is 13.2 Å². The molecule has 0 aliphatic carbocycles. The highest BCUT2D eigenvalue weighted by atomic mass is 19.1. The molecule has 3 aromatic rings. The van der Waals surface area contributed by atoms with E-state index in [0.29, 0.717) is 5.56 Å². The molecule has 5 nitrogen and oxygen atoms in total. The number of ether oxygens (including phenoxy) is 1. The van der Waals surface area contributed by atoms with Gasteiger partial charge in [0.25, 0.3) is 5.91 Å². The van der Waals surface area contributed by atoms with Crippen molar-refractivity contribution in [2.24, 2.45) is 0 Å². The minimum Gasteiger partial charge on any atom is -0.482 e. The highest BCUT2D eigenvalue weighted by molar-refractivity contribution is 5.91. The fourth-order valence-corrected chi connectivity index (χ4v) is 2.31. The lowest BCUT2D eigenvalue weighted by atomic mass is 10.2. The maximum Gasteiger partial charge on any atom is 0.287 e. The number of carbonyl (C=O) groups excluding carboxylic acids is 1. The van der Waals surface area contributed by atoms with E-state index in [1.807, 2.05) is 0 Å². The Morgan fingerprint density at radius 1 is 1.07 bits per heavy atom. The molecule has 27 heavy (non-hydrogen) atoms. The highest BCUT2D eigenvalue weighted by Gasteiger charge is 2.13. The van der Waals surface area contributed by atoms with Crippen molar-refractivity contribution in [2.45, 2.75) is 13.2 Å². The number of carbonyl (C=O) groups is 1. The number of halogens is 2. The molecule has 3 rings (SSSR count). The molecule has 1 N–H and O–H groups in total. The molecule has 0 saturated heterocycles. The summed E-state index contributed by atoms with van der Waals surface area (Å²) >= 11 is 0.